The fraction of sp³-hybridized carbons (Fsp3) is 0.400. The van der Waals surface area contributed by atoms with Crippen LogP contribution in [-0.4, -0.2) is 17.1 Å². The molecule has 0 aliphatic carbocycles. The first-order valence-corrected chi connectivity index (χ1v) is 5.95. The van der Waals surface area contributed by atoms with Gasteiger partial charge in [0.1, 0.15) is 11.6 Å². The lowest BCUT2D eigenvalue weighted by Crippen LogP contribution is -1.89. The highest BCUT2D eigenvalue weighted by Gasteiger charge is 2.11. The minimum absolute atomic E-state index is 0. The first-order valence-electron chi connectivity index (χ1n) is 5.95. The molecule has 0 amide bonds. The molecule has 0 aliphatic heterocycles. The van der Waals surface area contributed by atoms with E-state index >= 15 is 0 Å². The van der Waals surface area contributed by atoms with Crippen LogP contribution in [-0.2, 0) is 6.42 Å². The Morgan fingerprint density at radius 3 is 2.67 bits per heavy atom. The third-order valence-electron chi connectivity index (χ3n) is 2.83. The summed E-state index contributed by atoms with van der Waals surface area (Å²) in [6, 6.07) is 7.93. The van der Waals surface area contributed by atoms with Crippen molar-refractivity contribution in [3.8, 4) is 17.1 Å². The van der Waals surface area contributed by atoms with Gasteiger partial charge in [-0.15, -0.1) is 0 Å². The third kappa shape index (κ3) is 2.73. The predicted molar refractivity (Wildman–Crippen MR) is 76.0 cm³/mol. The van der Waals surface area contributed by atoms with Gasteiger partial charge in [-0.1, -0.05) is 32.9 Å². The molecule has 0 bridgehead atoms. The molecule has 1 aromatic heterocycles. The molecule has 0 unspecified atom stereocenters. The first kappa shape index (κ1) is 14.3. The van der Waals surface area contributed by atoms with Crippen LogP contribution in [0.4, 0.5) is 0 Å². The molecule has 1 heterocycles. The van der Waals surface area contributed by atoms with Crippen LogP contribution in [0.15, 0.2) is 24.3 Å². The van der Waals surface area contributed by atoms with Gasteiger partial charge < -0.3 is 9.72 Å². The van der Waals surface area contributed by atoms with Gasteiger partial charge in [0.2, 0.25) is 0 Å². The van der Waals surface area contributed by atoms with Crippen molar-refractivity contribution < 1.29 is 4.74 Å². The largest absolute Gasteiger partial charge is 0.496 e. The summed E-state index contributed by atoms with van der Waals surface area (Å²) in [6.07, 6.45) is 2.12. The Hall–Kier alpha value is -1.77. The van der Waals surface area contributed by atoms with Crippen molar-refractivity contribution in [3.63, 3.8) is 0 Å². The topological polar surface area (TPSA) is 37.9 Å². The number of H-pyrrole nitrogens is 1. The van der Waals surface area contributed by atoms with Crippen molar-refractivity contribution in [3.05, 3.63) is 35.7 Å². The Balaban J connectivity index is 0.00000162. The Morgan fingerprint density at radius 1 is 1.28 bits per heavy atom. The quantitative estimate of drug-likeness (QED) is 0.886. The zero-order valence-electron chi connectivity index (χ0n) is 10.6. The van der Waals surface area contributed by atoms with E-state index in [4.69, 9.17) is 4.74 Å². The molecule has 3 nitrogen and oxygen atoms in total. The molecule has 0 radical (unpaired) electrons. The van der Waals surface area contributed by atoms with Crippen LogP contribution in [0, 0.1) is 6.92 Å². The van der Waals surface area contributed by atoms with Gasteiger partial charge in [0.25, 0.3) is 0 Å². The average molecular weight is 246 g/mol. The predicted octanol–water partition coefficient (Wildman–Crippen LogP) is 3.98. The van der Waals surface area contributed by atoms with Crippen LogP contribution in [0.5, 0.6) is 5.75 Å². The minimum atomic E-state index is 0. The molecule has 18 heavy (non-hydrogen) atoms. The fourth-order valence-corrected chi connectivity index (χ4v) is 1.94. The monoisotopic (exact) mass is 246 g/mol. The number of aromatic nitrogens is 2. The number of ether oxygens (including phenoxy) is 1. The van der Waals surface area contributed by atoms with Crippen molar-refractivity contribution >= 4 is 0 Å². The normalized spacial score (nSPS) is 9.94. The summed E-state index contributed by atoms with van der Waals surface area (Å²) >= 11 is 0. The highest BCUT2D eigenvalue weighted by atomic mass is 16.5. The van der Waals surface area contributed by atoms with Gasteiger partial charge in [-0.2, -0.15) is 0 Å². The fourth-order valence-electron chi connectivity index (χ4n) is 1.94. The molecule has 2 rings (SSSR count). The Labute approximate surface area is 109 Å². The molecule has 0 saturated carbocycles. The van der Waals surface area contributed by atoms with Crippen LogP contribution in [0.25, 0.3) is 11.4 Å². The lowest BCUT2D eigenvalue weighted by atomic mass is 10.2. The number of rotatable bonds is 4. The molecular formula is C15H22N2O. The van der Waals surface area contributed by atoms with Crippen molar-refractivity contribution in [1.82, 2.24) is 9.97 Å². The van der Waals surface area contributed by atoms with E-state index in [0.29, 0.717) is 0 Å². The van der Waals surface area contributed by atoms with Gasteiger partial charge in [-0.25, -0.2) is 4.98 Å². The molecular weight excluding hydrogens is 224 g/mol. The van der Waals surface area contributed by atoms with Crippen molar-refractivity contribution in [2.24, 2.45) is 0 Å². The number of imidazole rings is 1. The van der Waals surface area contributed by atoms with Gasteiger partial charge in [0, 0.05) is 5.69 Å². The van der Waals surface area contributed by atoms with Crippen molar-refractivity contribution in [2.75, 3.05) is 7.11 Å². The molecule has 0 atom stereocenters. The summed E-state index contributed by atoms with van der Waals surface area (Å²) in [5, 5.41) is 0. The number of methoxy groups -OCH3 is 1. The molecule has 98 valence electrons. The summed E-state index contributed by atoms with van der Waals surface area (Å²) in [5.41, 5.74) is 3.31. The maximum absolute atomic E-state index is 5.35. The average Bonchev–Trinajstić information content (AvgIpc) is 2.71. The number of para-hydroxylation sites is 1. The van der Waals surface area contributed by atoms with E-state index in [2.05, 4.69) is 23.8 Å². The van der Waals surface area contributed by atoms with Gasteiger partial charge in [0.15, 0.2) is 0 Å². The smallest absolute Gasteiger partial charge is 0.141 e. The molecule has 0 spiro atoms. The number of hydrogen-bond donors (Lipinski definition) is 1. The second-order valence-corrected chi connectivity index (χ2v) is 4.11. The van der Waals surface area contributed by atoms with Gasteiger partial charge in [0.05, 0.1) is 18.4 Å². The summed E-state index contributed by atoms with van der Waals surface area (Å²) in [7, 11) is 1.68. The Kier molecular flexibility index (Phi) is 4.95. The zero-order valence-corrected chi connectivity index (χ0v) is 10.6. The highest BCUT2D eigenvalue weighted by Crippen LogP contribution is 2.28. The van der Waals surface area contributed by atoms with Crippen LogP contribution in [0.2, 0.25) is 0 Å². The highest BCUT2D eigenvalue weighted by molar-refractivity contribution is 5.64. The van der Waals surface area contributed by atoms with Crippen molar-refractivity contribution in [2.45, 2.75) is 34.1 Å². The number of aromatic amines is 1. The Bertz CT molecular complexity index is 503. The molecule has 1 N–H and O–H groups in total. The van der Waals surface area contributed by atoms with E-state index in [1.807, 2.05) is 24.3 Å². The number of benzene rings is 1. The van der Waals surface area contributed by atoms with E-state index in [-0.39, 0.29) is 7.43 Å². The lowest BCUT2D eigenvalue weighted by molar-refractivity contribution is 0.416. The van der Waals surface area contributed by atoms with E-state index in [1.165, 1.54) is 0 Å². The summed E-state index contributed by atoms with van der Waals surface area (Å²) in [6.45, 7) is 4.23. The Morgan fingerprint density at radius 2 is 2.00 bits per heavy atom. The van der Waals surface area contributed by atoms with E-state index < -0.39 is 0 Å². The second-order valence-electron chi connectivity index (χ2n) is 4.11. The number of nitrogens with one attached hydrogen (secondary N) is 1. The number of hydrogen-bond acceptors (Lipinski definition) is 2. The van der Waals surface area contributed by atoms with Crippen molar-refractivity contribution in [1.29, 1.82) is 0 Å². The van der Waals surface area contributed by atoms with E-state index in [1.54, 1.807) is 7.11 Å². The minimum Gasteiger partial charge on any atom is -0.496 e. The van der Waals surface area contributed by atoms with Crippen LogP contribution >= 0.6 is 0 Å². The second kappa shape index (κ2) is 6.24. The standard InChI is InChI=1S/C14H18N2O.CH4/c1-4-7-12-10(2)15-14(16-12)11-8-5-6-9-13(11)17-3;/h5-6,8-9H,4,7H2,1-3H3,(H,15,16);1H4. The molecule has 0 aliphatic rings. The summed E-state index contributed by atoms with van der Waals surface area (Å²) in [5.74, 6) is 1.74. The van der Waals surface area contributed by atoms with Crippen LogP contribution < -0.4 is 4.74 Å². The molecule has 1 aromatic carbocycles. The molecule has 0 fully saturated rings. The zero-order chi connectivity index (χ0) is 12.3. The lowest BCUT2D eigenvalue weighted by Gasteiger charge is -2.04. The van der Waals surface area contributed by atoms with Crippen LogP contribution in [0.1, 0.15) is 32.2 Å². The maximum atomic E-state index is 5.35. The molecule has 2 aromatic rings. The van der Waals surface area contributed by atoms with Gasteiger partial charge >= 0.3 is 0 Å². The summed E-state index contributed by atoms with van der Waals surface area (Å²) < 4.78 is 5.35. The van der Waals surface area contributed by atoms with Crippen LogP contribution in [0.3, 0.4) is 0 Å². The molecule has 3 heteroatoms. The van der Waals surface area contributed by atoms with Gasteiger partial charge in [-0.05, 0) is 25.5 Å². The summed E-state index contributed by atoms with van der Waals surface area (Å²) in [4.78, 5) is 7.97. The van der Waals surface area contributed by atoms with E-state index in [9.17, 15) is 0 Å². The van der Waals surface area contributed by atoms with Gasteiger partial charge in [-0.3, -0.25) is 0 Å². The van der Waals surface area contributed by atoms with E-state index in [0.717, 1.165) is 41.4 Å². The first-order chi connectivity index (χ1) is 8.26. The number of aryl methyl sites for hydroxylation is 2. The third-order valence-corrected chi connectivity index (χ3v) is 2.83. The maximum Gasteiger partial charge on any atom is 0.141 e. The molecule has 0 saturated heterocycles. The SMILES string of the molecule is C.CCCc1nc(-c2ccccc2OC)[nH]c1C. The number of nitrogens with zero attached hydrogens (tertiary/aromatic N) is 1.